The minimum atomic E-state index is -0.342. The summed E-state index contributed by atoms with van der Waals surface area (Å²) in [6.45, 7) is 3.54. The zero-order chi connectivity index (χ0) is 23.5. The molecule has 1 heterocycles. The van der Waals surface area contributed by atoms with Gasteiger partial charge in [-0.3, -0.25) is 4.79 Å². The van der Waals surface area contributed by atoms with Crippen LogP contribution < -0.4 is 5.32 Å². The summed E-state index contributed by atoms with van der Waals surface area (Å²) >= 11 is 7.74. The standard InChI is InChI=1S/C25H30ClFN4OS/c1-2-15-28-24(32)11-7-6-10-23-29-30-25(31(23)16-14-19-8-4-3-5-9-19)33-18-20-12-13-21(27)17-22(20)26/h3-5,8-9,12-13,17H,2,6-7,10-11,14-16,18H2,1H3,(H,28,32). The number of carbonyl (C=O) groups excluding carboxylic acids is 1. The molecule has 5 nitrogen and oxygen atoms in total. The van der Waals surface area contributed by atoms with Gasteiger partial charge in [0.15, 0.2) is 5.16 Å². The van der Waals surface area contributed by atoms with Crippen molar-refractivity contribution in [3.63, 3.8) is 0 Å². The van der Waals surface area contributed by atoms with Gasteiger partial charge in [0.1, 0.15) is 11.6 Å². The van der Waals surface area contributed by atoms with Gasteiger partial charge in [0.25, 0.3) is 0 Å². The summed E-state index contributed by atoms with van der Waals surface area (Å²) < 4.78 is 15.5. The third-order valence-corrected chi connectivity index (χ3v) is 6.63. The molecule has 0 atom stereocenters. The van der Waals surface area contributed by atoms with Crippen LogP contribution in [0.5, 0.6) is 0 Å². The Morgan fingerprint density at radius 3 is 2.70 bits per heavy atom. The Morgan fingerprint density at radius 1 is 1.12 bits per heavy atom. The first-order chi connectivity index (χ1) is 16.1. The number of nitrogens with zero attached hydrogens (tertiary/aromatic N) is 3. The van der Waals surface area contributed by atoms with Crippen molar-refractivity contribution in [2.24, 2.45) is 0 Å². The zero-order valence-corrected chi connectivity index (χ0v) is 20.5. The molecule has 0 aliphatic rings. The van der Waals surface area contributed by atoms with Crippen LogP contribution in [-0.2, 0) is 29.9 Å². The van der Waals surface area contributed by atoms with E-state index in [1.807, 2.05) is 25.1 Å². The topological polar surface area (TPSA) is 59.8 Å². The number of rotatable bonds is 13. The van der Waals surface area contributed by atoms with E-state index in [2.05, 4.69) is 32.2 Å². The summed E-state index contributed by atoms with van der Waals surface area (Å²) in [5, 5.41) is 13.0. The summed E-state index contributed by atoms with van der Waals surface area (Å²) in [4.78, 5) is 11.8. The minimum Gasteiger partial charge on any atom is -0.356 e. The van der Waals surface area contributed by atoms with Gasteiger partial charge in [-0.2, -0.15) is 0 Å². The lowest BCUT2D eigenvalue weighted by Crippen LogP contribution is -2.23. The fraction of sp³-hybridized carbons (Fsp3) is 0.400. The molecule has 0 spiro atoms. The normalized spacial score (nSPS) is 11.0. The monoisotopic (exact) mass is 488 g/mol. The summed E-state index contributed by atoms with van der Waals surface area (Å²) in [6, 6.07) is 14.8. The highest BCUT2D eigenvalue weighted by Gasteiger charge is 2.14. The molecule has 176 valence electrons. The number of aryl methyl sites for hydroxylation is 2. The van der Waals surface area contributed by atoms with Crippen molar-refractivity contribution in [3.05, 3.63) is 76.3 Å². The van der Waals surface area contributed by atoms with Crippen molar-refractivity contribution in [2.45, 2.75) is 62.9 Å². The quantitative estimate of drug-likeness (QED) is 0.242. The summed E-state index contributed by atoms with van der Waals surface area (Å²) in [5.74, 6) is 1.27. The maximum atomic E-state index is 13.4. The van der Waals surface area contributed by atoms with Crippen molar-refractivity contribution in [1.29, 1.82) is 0 Å². The Morgan fingerprint density at radius 2 is 1.94 bits per heavy atom. The molecule has 3 rings (SSSR count). The fourth-order valence-corrected chi connectivity index (χ4v) is 4.72. The zero-order valence-electron chi connectivity index (χ0n) is 18.9. The van der Waals surface area contributed by atoms with Gasteiger partial charge in [-0.15, -0.1) is 10.2 Å². The first-order valence-electron chi connectivity index (χ1n) is 11.4. The van der Waals surface area contributed by atoms with Crippen LogP contribution >= 0.6 is 23.4 Å². The first kappa shape index (κ1) is 25.2. The second kappa shape index (κ2) is 13.4. The van der Waals surface area contributed by atoms with Crippen molar-refractivity contribution >= 4 is 29.3 Å². The van der Waals surface area contributed by atoms with Crippen molar-refractivity contribution in [2.75, 3.05) is 6.54 Å². The van der Waals surface area contributed by atoms with E-state index in [1.54, 1.807) is 17.8 Å². The molecule has 0 aliphatic carbocycles. The Labute approximate surface area is 204 Å². The first-order valence-corrected chi connectivity index (χ1v) is 12.7. The third kappa shape index (κ3) is 8.16. The van der Waals surface area contributed by atoms with E-state index < -0.39 is 0 Å². The number of halogens is 2. The molecule has 8 heteroatoms. The average Bonchev–Trinajstić information content (AvgIpc) is 3.20. The number of hydrogen-bond acceptors (Lipinski definition) is 4. The van der Waals surface area contributed by atoms with E-state index in [0.29, 0.717) is 17.2 Å². The number of hydrogen-bond donors (Lipinski definition) is 1. The Hall–Kier alpha value is -2.38. The Bertz CT molecular complexity index is 1030. The number of benzene rings is 2. The van der Waals surface area contributed by atoms with Crippen LogP contribution in [0.15, 0.2) is 53.7 Å². The van der Waals surface area contributed by atoms with E-state index in [-0.39, 0.29) is 11.7 Å². The summed E-state index contributed by atoms with van der Waals surface area (Å²) in [6.07, 6.45) is 4.80. The maximum absolute atomic E-state index is 13.4. The molecule has 0 saturated carbocycles. The lowest BCUT2D eigenvalue weighted by molar-refractivity contribution is -0.121. The highest BCUT2D eigenvalue weighted by Crippen LogP contribution is 2.27. The number of thioether (sulfide) groups is 1. The molecule has 33 heavy (non-hydrogen) atoms. The second-order valence-electron chi connectivity index (χ2n) is 7.87. The van der Waals surface area contributed by atoms with Gasteiger partial charge < -0.3 is 9.88 Å². The highest BCUT2D eigenvalue weighted by atomic mass is 35.5. The van der Waals surface area contributed by atoms with Crippen LogP contribution in [-0.4, -0.2) is 27.2 Å². The molecule has 0 fully saturated rings. The summed E-state index contributed by atoms with van der Waals surface area (Å²) in [7, 11) is 0. The van der Waals surface area contributed by atoms with Crippen LogP contribution in [0.25, 0.3) is 0 Å². The van der Waals surface area contributed by atoms with Gasteiger partial charge in [-0.1, -0.05) is 66.7 Å². The van der Waals surface area contributed by atoms with E-state index >= 15 is 0 Å². The molecule has 1 N–H and O–H groups in total. The third-order valence-electron chi connectivity index (χ3n) is 5.26. The SMILES string of the molecule is CCCNC(=O)CCCCc1nnc(SCc2ccc(F)cc2Cl)n1CCc1ccccc1. The van der Waals surface area contributed by atoms with Crippen LogP contribution in [0.1, 0.15) is 49.6 Å². The van der Waals surface area contributed by atoms with E-state index in [1.165, 1.54) is 17.7 Å². The van der Waals surface area contributed by atoms with Gasteiger partial charge >= 0.3 is 0 Å². The molecule has 1 amide bonds. The molecule has 0 radical (unpaired) electrons. The second-order valence-corrected chi connectivity index (χ2v) is 9.22. The van der Waals surface area contributed by atoms with Crippen molar-refractivity contribution in [3.8, 4) is 0 Å². The van der Waals surface area contributed by atoms with Crippen molar-refractivity contribution in [1.82, 2.24) is 20.1 Å². The van der Waals surface area contributed by atoms with Crippen LogP contribution in [0, 0.1) is 5.82 Å². The average molecular weight is 489 g/mol. The lowest BCUT2D eigenvalue weighted by Gasteiger charge is -2.11. The largest absolute Gasteiger partial charge is 0.356 e. The summed E-state index contributed by atoms with van der Waals surface area (Å²) in [5.41, 5.74) is 2.11. The number of nitrogens with one attached hydrogen (secondary N) is 1. The number of unbranched alkanes of at least 4 members (excludes halogenated alkanes) is 1. The lowest BCUT2D eigenvalue weighted by atomic mass is 10.1. The highest BCUT2D eigenvalue weighted by molar-refractivity contribution is 7.98. The maximum Gasteiger partial charge on any atom is 0.219 e. The molecule has 2 aromatic carbocycles. The number of aromatic nitrogens is 3. The molecule has 1 aromatic heterocycles. The smallest absolute Gasteiger partial charge is 0.219 e. The molecule has 3 aromatic rings. The van der Waals surface area contributed by atoms with Crippen LogP contribution in [0.2, 0.25) is 5.02 Å². The van der Waals surface area contributed by atoms with Gasteiger partial charge in [0, 0.05) is 36.7 Å². The van der Waals surface area contributed by atoms with Crippen molar-refractivity contribution < 1.29 is 9.18 Å². The molecule has 0 unspecified atom stereocenters. The fourth-order valence-electron chi connectivity index (χ4n) is 3.42. The molecule has 0 bridgehead atoms. The van der Waals surface area contributed by atoms with E-state index in [0.717, 1.165) is 61.7 Å². The van der Waals surface area contributed by atoms with Gasteiger partial charge in [-0.25, -0.2) is 4.39 Å². The molecule has 0 aliphatic heterocycles. The Kier molecular flexibility index (Phi) is 10.2. The number of carbonyl (C=O) groups is 1. The molecular weight excluding hydrogens is 459 g/mol. The van der Waals surface area contributed by atoms with Crippen LogP contribution in [0.4, 0.5) is 4.39 Å². The predicted molar refractivity (Wildman–Crippen MR) is 132 cm³/mol. The molecular formula is C25H30ClFN4OS. The minimum absolute atomic E-state index is 0.106. The Balaban J connectivity index is 1.64. The van der Waals surface area contributed by atoms with Gasteiger partial charge in [-0.05, 0) is 48.9 Å². The van der Waals surface area contributed by atoms with E-state index in [4.69, 9.17) is 11.6 Å². The van der Waals surface area contributed by atoms with E-state index in [9.17, 15) is 9.18 Å². The van der Waals surface area contributed by atoms with Crippen LogP contribution in [0.3, 0.4) is 0 Å². The van der Waals surface area contributed by atoms with Gasteiger partial charge in [0.2, 0.25) is 5.91 Å². The number of amides is 1. The predicted octanol–water partition coefficient (Wildman–Crippen LogP) is 5.84. The molecule has 0 saturated heterocycles. The van der Waals surface area contributed by atoms with Gasteiger partial charge in [0.05, 0.1) is 0 Å².